The second-order valence-corrected chi connectivity index (χ2v) is 17.7. The summed E-state index contributed by atoms with van der Waals surface area (Å²) in [4.78, 5) is 37.9. The van der Waals surface area contributed by atoms with Crippen LogP contribution in [0, 0.1) is 5.92 Å². The summed E-state index contributed by atoms with van der Waals surface area (Å²) in [5.41, 5.74) is 0. The average Bonchev–Trinajstić information content (AvgIpc) is 3.21. The van der Waals surface area contributed by atoms with Crippen molar-refractivity contribution in [3.63, 3.8) is 0 Å². The van der Waals surface area contributed by atoms with E-state index in [1.807, 2.05) is 0 Å². The third-order valence-electron chi connectivity index (χ3n) is 11.9. The molecule has 0 spiro atoms. The van der Waals surface area contributed by atoms with Gasteiger partial charge in [0.25, 0.3) is 0 Å². The molecule has 0 aromatic carbocycles. The van der Waals surface area contributed by atoms with Gasteiger partial charge in [0.1, 0.15) is 13.2 Å². The fraction of sp³-hybridized carbons (Fsp3) is 0.941. The molecule has 6 heteroatoms. The maximum atomic E-state index is 12.7. The summed E-state index contributed by atoms with van der Waals surface area (Å²) in [6.45, 7) is 9.02. The van der Waals surface area contributed by atoms with Gasteiger partial charge < -0.3 is 14.2 Å². The summed E-state index contributed by atoms with van der Waals surface area (Å²) >= 11 is 0. The summed E-state index contributed by atoms with van der Waals surface area (Å²) in [6.07, 6.45) is 46.5. The van der Waals surface area contributed by atoms with Crippen LogP contribution in [0.4, 0.5) is 0 Å². The second kappa shape index (κ2) is 45.5. The summed E-state index contributed by atoms with van der Waals surface area (Å²) in [5.74, 6) is -0.00330. The van der Waals surface area contributed by atoms with Gasteiger partial charge in [0.05, 0.1) is 0 Å². The summed E-state index contributed by atoms with van der Waals surface area (Å²) < 4.78 is 16.8. The maximum absolute atomic E-state index is 12.7. The molecule has 0 saturated heterocycles. The first-order chi connectivity index (χ1) is 27.9. The van der Waals surface area contributed by atoms with Crippen LogP contribution in [0.15, 0.2) is 0 Å². The van der Waals surface area contributed by atoms with E-state index in [2.05, 4.69) is 27.7 Å². The topological polar surface area (TPSA) is 78.9 Å². The molecule has 6 nitrogen and oxygen atoms in total. The van der Waals surface area contributed by atoms with Crippen LogP contribution in [0.1, 0.15) is 285 Å². The highest BCUT2D eigenvalue weighted by molar-refractivity contribution is 5.71. The van der Waals surface area contributed by atoms with Gasteiger partial charge >= 0.3 is 17.9 Å². The minimum Gasteiger partial charge on any atom is -0.462 e. The Hall–Kier alpha value is -1.59. The normalized spacial score (nSPS) is 12.4. The zero-order chi connectivity index (χ0) is 41.7. The van der Waals surface area contributed by atoms with E-state index in [9.17, 15) is 14.4 Å². The predicted molar refractivity (Wildman–Crippen MR) is 243 cm³/mol. The molecular formula is C51H98O6. The number of unbranched alkanes of at least 4 members (excludes halogenated alkanes) is 32. The third-order valence-corrected chi connectivity index (χ3v) is 11.9. The molecule has 0 bridgehead atoms. The van der Waals surface area contributed by atoms with Crippen molar-refractivity contribution in [3.05, 3.63) is 0 Å². The lowest BCUT2D eigenvalue weighted by molar-refractivity contribution is -0.167. The lowest BCUT2D eigenvalue weighted by Crippen LogP contribution is -2.30. The van der Waals surface area contributed by atoms with Gasteiger partial charge in [-0.25, -0.2) is 0 Å². The molecule has 0 heterocycles. The highest BCUT2D eigenvalue weighted by atomic mass is 16.6. The number of hydrogen-bond donors (Lipinski definition) is 0. The zero-order valence-electron chi connectivity index (χ0n) is 38.8. The van der Waals surface area contributed by atoms with Crippen LogP contribution in [0.25, 0.3) is 0 Å². The van der Waals surface area contributed by atoms with E-state index in [0.717, 1.165) is 63.7 Å². The molecule has 0 aliphatic rings. The molecule has 0 rings (SSSR count). The SMILES string of the molecule is CCCCCCCCCCCCCCCCCCC(=O)OC[C@H](COC(=O)CCCCCCCCCCCCC)OC(=O)CCCCCCCCCCC(C)CC. The minimum atomic E-state index is -0.760. The first-order valence-electron chi connectivity index (χ1n) is 25.4. The lowest BCUT2D eigenvalue weighted by atomic mass is 9.99. The van der Waals surface area contributed by atoms with Crippen LogP contribution in [-0.4, -0.2) is 37.2 Å². The van der Waals surface area contributed by atoms with Crippen LogP contribution in [0.3, 0.4) is 0 Å². The van der Waals surface area contributed by atoms with E-state index in [1.54, 1.807) is 0 Å². The molecule has 0 fully saturated rings. The Morgan fingerprint density at radius 3 is 0.912 bits per heavy atom. The second-order valence-electron chi connectivity index (χ2n) is 17.7. The van der Waals surface area contributed by atoms with Gasteiger partial charge in [-0.2, -0.15) is 0 Å². The quantitative estimate of drug-likeness (QED) is 0.0346. The molecule has 2 atom stereocenters. The van der Waals surface area contributed by atoms with Crippen molar-refractivity contribution in [1.82, 2.24) is 0 Å². The molecule has 0 aliphatic carbocycles. The van der Waals surface area contributed by atoms with E-state index >= 15 is 0 Å². The molecule has 0 radical (unpaired) electrons. The van der Waals surface area contributed by atoms with Crippen molar-refractivity contribution in [3.8, 4) is 0 Å². The van der Waals surface area contributed by atoms with Gasteiger partial charge in [0, 0.05) is 19.3 Å². The van der Waals surface area contributed by atoms with E-state index in [1.165, 1.54) is 180 Å². The zero-order valence-corrected chi connectivity index (χ0v) is 38.8. The fourth-order valence-corrected chi connectivity index (χ4v) is 7.66. The summed E-state index contributed by atoms with van der Waals surface area (Å²) in [6, 6.07) is 0. The van der Waals surface area contributed by atoms with Gasteiger partial charge in [0.2, 0.25) is 0 Å². The summed E-state index contributed by atoms with van der Waals surface area (Å²) in [5, 5.41) is 0. The summed E-state index contributed by atoms with van der Waals surface area (Å²) in [7, 11) is 0. The minimum absolute atomic E-state index is 0.0633. The van der Waals surface area contributed by atoms with E-state index in [-0.39, 0.29) is 31.1 Å². The van der Waals surface area contributed by atoms with Crippen LogP contribution in [0.2, 0.25) is 0 Å². The van der Waals surface area contributed by atoms with E-state index in [0.29, 0.717) is 19.3 Å². The number of rotatable bonds is 46. The van der Waals surface area contributed by atoms with Crippen molar-refractivity contribution in [2.24, 2.45) is 5.92 Å². The van der Waals surface area contributed by atoms with Gasteiger partial charge in [-0.1, -0.05) is 246 Å². The third kappa shape index (κ3) is 43.8. The van der Waals surface area contributed by atoms with Crippen molar-refractivity contribution < 1.29 is 28.6 Å². The largest absolute Gasteiger partial charge is 0.462 e. The molecule has 0 aromatic heterocycles. The number of carbonyl (C=O) groups is 3. The number of esters is 3. The van der Waals surface area contributed by atoms with Crippen LogP contribution in [-0.2, 0) is 28.6 Å². The standard InChI is InChI=1S/C51H98O6/c1-5-8-10-12-14-16-18-19-20-21-22-24-26-31-35-39-43-50(53)56-46-48(45-55-49(52)42-38-34-30-25-23-17-15-13-11-9-6-2)57-51(54)44-40-36-32-28-27-29-33-37-41-47(4)7-3/h47-48H,5-46H2,1-4H3/t47?,48-/m0/s1. The molecule has 0 N–H and O–H groups in total. The van der Waals surface area contributed by atoms with Crippen LogP contribution in [0.5, 0.6) is 0 Å². The van der Waals surface area contributed by atoms with E-state index < -0.39 is 6.10 Å². The monoisotopic (exact) mass is 807 g/mol. The Kier molecular flexibility index (Phi) is 44.2. The fourth-order valence-electron chi connectivity index (χ4n) is 7.66. The van der Waals surface area contributed by atoms with Gasteiger partial charge in [-0.15, -0.1) is 0 Å². The Morgan fingerprint density at radius 2 is 0.614 bits per heavy atom. The van der Waals surface area contributed by atoms with Crippen molar-refractivity contribution in [2.45, 2.75) is 291 Å². The van der Waals surface area contributed by atoms with Gasteiger partial charge in [0.15, 0.2) is 6.10 Å². The average molecular weight is 807 g/mol. The van der Waals surface area contributed by atoms with Crippen molar-refractivity contribution in [2.75, 3.05) is 13.2 Å². The molecule has 0 aromatic rings. The molecule has 0 amide bonds. The smallest absolute Gasteiger partial charge is 0.306 e. The Labute approximate surface area is 355 Å². The number of hydrogen-bond acceptors (Lipinski definition) is 6. The lowest BCUT2D eigenvalue weighted by Gasteiger charge is -2.18. The van der Waals surface area contributed by atoms with E-state index in [4.69, 9.17) is 14.2 Å². The Morgan fingerprint density at radius 1 is 0.351 bits per heavy atom. The molecule has 338 valence electrons. The number of carbonyl (C=O) groups excluding carboxylic acids is 3. The van der Waals surface area contributed by atoms with Crippen molar-refractivity contribution >= 4 is 17.9 Å². The first kappa shape index (κ1) is 55.4. The highest BCUT2D eigenvalue weighted by Gasteiger charge is 2.19. The van der Waals surface area contributed by atoms with Crippen molar-refractivity contribution in [1.29, 1.82) is 0 Å². The van der Waals surface area contributed by atoms with Crippen LogP contribution < -0.4 is 0 Å². The molecular weight excluding hydrogens is 709 g/mol. The predicted octanol–water partition coefficient (Wildman–Crippen LogP) is 16.3. The molecule has 0 saturated carbocycles. The highest BCUT2D eigenvalue weighted by Crippen LogP contribution is 2.17. The van der Waals surface area contributed by atoms with Gasteiger partial charge in [-0.3, -0.25) is 14.4 Å². The Balaban J connectivity index is 4.29. The molecule has 57 heavy (non-hydrogen) atoms. The van der Waals surface area contributed by atoms with Crippen LogP contribution >= 0.6 is 0 Å². The van der Waals surface area contributed by atoms with Gasteiger partial charge in [-0.05, 0) is 25.2 Å². The Bertz CT molecular complexity index is 859. The number of ether oxygens (including phenoxy) is 3. The molecule has 0 aliphatic heterocycles. The maximum Gasteiger partial charge on any atom is 0.306 e. The first-order valence-corrected chi connectivity index (χ1v) is 25.4. The molecule has 1 unspecified atom stereocenters.